The Morgan fingerprint density at radius 3 is 2.52 bits per heavy atom. The van der Waals surface area contributed by atoms with Gasteiger partial charge < -0.3 is 19.9 Å². The third kappa shape index (κ3) is 3.74. The van der Waals surface area contributed by atoms with E-state index in [1.54, 1.807) is 31.4 Å². The van der Waals surface area contributed by atoms with Gasteiger partial charge in [0, 0.05) is 21.6 Å². The number of aromatic hydroxyl groups is 1. The van der Waals surface area contributed by atoms with Crippen molar-refractivity contribution in [1.82, 2.24) is 0 Å². The molecule has 0 radical (unpaired) electrons. The molecule has 2 aromatic rings. The molecule has 2 N–H and O–H groups in total. The minimum Gasteiger partial charge on any atom is -0.504 e. The number of methoxy groups -OCH3 is 2. The molecule has 0 atom stereocenters. The zero-order valence-corrected chi connectivity index (χ0v) is 14.0. The van der Waals surface area contributed by atoms with Crippen LogP contribution in [0.3, 0.4) is 0 Å². The monoisotopic (exact) mass is 371 g/mol. The number of benzene rings is 2. The lowest BCUT2D eigenvalue weighted by Crippen LogP contribution is -2.02. The van der Waals surface area contributed by atoms with E-state index < -0.39 is 0 Å². The highest BCUT2D eigenvalue weighted by molar-refractivity contribution is 9.10. The van der Waals surface area contributed by atoms with Crippen LogP contribution in [0.1, 0.15) is 5.56 Å². The molecule has 0 heterocycles. The van der Waals surface area contributed by atoms with E-state index in [0.717, 1.165) is 10.2 Å². The van der Waals surface area contributed by atoms with Gasteiger partial charge in [-0.3, -0.25) is 0 Å². The zero-order valence-electron chi connectivity index (χ0n) is 11.6. The minimum atomic E-state index is 0.106. The molecule has 0 saturated carbocycles. The van der Waals surface area contributed by atoms with E-state index in [-0.39, 0.29) is 5.75 Å². The van der Waals surface area contributed by atoms with E-state index in [4.69, 9.17) is 21.1 Å². The summed E-state index contributed by atoms with van der Waals surface area (Å²) in [5.41, 5.74) is 1.45. The van der Waals surface area contributed by atoms with Crippen LogP contribution in [0.2, 0.25) is 5.02 Å². The molecular weight excluding hydrogens is 358 g/mol. The SMILES string of the molecule is COc1ccc(Cl)cc1NCc1cc(Br)cc(OC)c1O. The molecule has 0 fully saturated rings. The van der Waals surface area contributed by atoms with Crippen LogP contribution in [-0.4, -0.2) is 19.3 Å². The molecule has 0 aliphatic carbocycles. The molecule has 21 heavy (non-hydrogen) atoms. The van der Waals surface area contributed by atoms with Crippen molar-refractivity contribution >= 4 is 33.2 Å². The van der Waals surface area contributed by atoms with Crippen molar-refractivity contribution in [3.8, 4) is 17.2 Å². The maximum Gasteiger partial charge on any atom is 0.162 e. The standard InChI is InChI=1S/C15H15BrClNO3/c1-20-13-4-3-11(17)7-12(13)18-8-9-5-10(16)6-14(21-2)15(9)19/h3-7,18-19H,8H2,1-2H3. The summed E-state index contributed by atoms with van der Waals surface area (Å²) in [5.74, 6) is 1.20. The first-order valence-corrected chi connectivity index (χ1v) is 7.35. The summed E-state index contributed by atoms with van der Waals surface area (Å²) in [7, 11) is 3.10. The van der Waals surface area contributed by atoms with Gasteiger partial charge in [-0.05, 0) is 30.3 Å². The first-order valence-electron chi connectivity index (χ1n) is 6.18. The van der Waals surface area contributed by atoms with Gasteiger partial charge in [-0.15, -0.1) is 0 Å². The van der Waals surface area contributed by atoms with Gasteiger partial charge in [0.2, 0.25) is 0 Å². The van der Waals surface area contributed by atoms with Crippen molar-refractivity contribution < 1.29 is 14.6 Å². The molecule has 0 saturated heterocycles. The Hall–Kier alpha value is -1.59. The molecule has 4 nitrogen and oxygen atoms in total. The number of halogens is 2. The summed E-state index contributed by atoms with van der Waals surface area (Å²) < 4.78 is 11.2. The first kappa shape index (κ1) is 15.8. The third-order valence-electron chi connectivity index (χ3n) is 2.97. The number of phenols is 1. The van der Waals surface area contributed by atoms with Crippen molar-refractivity contribution in [2.45, 2.75) is 6.54 Å². The summed E-state index contributed by atoms with van der Waals surface area (Å²) in [4.78, 5) is 0. The number of rotatable bonds is 5. The van der Waals surface area contributed by atoms with Crippen LogP contribution in [0.4, 0.5) is 5.69 Å². The fourth-order valence-electron chi connectivity index (χ4n) is 1.93. The van der Waals surface area contributed by atoms with Crippen LogP contribution in [0.25, 0.3) is 0 Å². The van der Waals surface area contributed by atoms with Gasteiger partial charge in [-0.25, -0.2) is 0 Å². The second-order valence-electron chi connectivity index (χ2n) is 4.31. The highest BCUT2D eigenvalue weighted by atomic mass is 79.9. The van der Waals surface area contributed by atoms with Crippen LogP contribution in [0.5, 0.6) is 17.2 Å². The Morgan fingerprint density at radius 1 is 1.14 bits per heavy atom. The van der Waals surface area contributed by atoms with E-state index in [1.807, 2.05) is 6.07 Å². The molecule has 0 aromatic heterocycles. The normalized spacial score (nSPS) is 10.3. The Labute approximate surface area is 136 Å². The highest BCUT2D eigenvalue weighted by Gasteiger charge is 2.11. The average molecular weight is 373 g/mol. The van der Waals surface area contributed by atoms with Gasteiger partial charge in [-0.1, -0.05) is 27.5 Å². The minimum absolute atomic E-state index is 0.106. The zero-order chi connectivity index (χ0) is 15.4. The summed E-state index contributed by atoms with van der Waals surface area (Å²) in [6.07, 6.45) is 0. The second kappa shape index (κ2) is 6.91. The number of ether oxygens (including phenoxy) is 2. The molecule has 6 heteroatoms. The predicted molar refractivity (Wildman–Crippen MR) is 87.7 cm³/mol. The molecular formula is C15H15BrClNO3. The Morgan fingerprint density at radius 2 is 1.86 bits per heavy atom. The number of hydrogen-bond donors (Lipinski definition) is 2. The molecule has 0 bridgehead atoms. The van der Waals surface area contributed by atoms with E-state index in [0.29, 0.717) is 28.6 Å². The average Bonchev–Trinajstić information content (AvgIpc) is 2.47. The van der Waals surface area contributed by atoms with Crippen LogP contribution in [-0.2, 0) is 6.54 Å². The van der Waals surface area contributed by atoms with Gasteiger partial charge in [-0.2, -0.15) is 0 Å². The Balaban J connectivity index is 2.24. The van der Waals surface area contributed by atoms with Crippen LogP contribution >= 0.6 is 27.5 Å². The summed E-state index contributed by atoms with van der Waals surface area (Å²) in [5, 5.41) is 13.9. The topological polar surface area (TPSA) is 50.7 Å². The van der Waals surface area contributed by atoms with E-state index >= 15 is 0 Å². The maximum absolute atomic E-state index is 10.1. The lowest BCUT2D eigenvalue weighted by molar-refractivity contribution is 0.370. The second-order valence-corrected chi connectivity index (χ2v) is 5.67. The molecule has 2 rings (SSSR count). The van der Waals surface area contributed by atoms with E-state index in [2.05, 4.69) is 21.2 Å². The molecule has 2 aromatic carbocycles. The fourth-order valence-corrected chi connectivity index (χ4v) is 2.58. The predicted octanol–water partition coefficient (Wildman–Crippen LogP) is 4.44. The van der Waals surface area contributed by atoms with E-state index in [9.17, 15) is 5.11 Å². The molecule has 0 aliphatic heterocycles. The molecule has 112 valence electrons. The number of nitrogens with one attached hydrogen (secondary N) is 1. The largest absolute Gasteiger partial charge is 0.504 e. The van der Waals surface area contributed by atoms with Gasteiger partial charge in [0.1, 0.15) is 5.75 Å². The molecule has 0 aliphatic rings. The van der Waals surface area contributed by atoms with Crippen molar-refractivity contribution in [2.24, 2.45) is 0 Å². The quantitative estimate of drug-likeness (QED) is 0.815. The van der Waals surface area contributed by atoms with Crippen LogP contribution in [0.15, 0.2) is 34.8 Å². The van der Waals surface area contributed by atoms with Crippen LogP contribution < -0.4 is 14.8 Å². The maximum atomic E-state index is 10.1. The lowest BCUT2D eigenvalue weighted by atomic mass is 10.1. The highest BCUT2D eigenvalue weighted by Crippen LogP contribution is 2.35. The van der Waals surface area contributed by atoms with Gasteiger partial charge in [0.25, 0.3) is 0 Å². The first-order chi connectivity index (χ1) is 10.0. The lowest BCUT2D eigenvalue weighted by Gasteiger charge is -2.14. The summed E-state index contributed by atoms with van der Waals surface area (Å²) in [6.45, 7) is 0.401. The number of anilines is 1. The van der Waals surface area contributed by atoms with Crippen molar-refractivity contribution in [2.75, 3.05) is 19.5 Å². The Bertz CT molecular complexity index is 649. The van der Waals surface area contributed by atoms with Crippen molar-refractivity contribution in [3.05, 3.63) is 45.4 Å². The molecule has 0 unspecified atom stereocenters. The summed E-state index contributed by atoms with van der Waals surface area (Å²) in [6, 6.07) is 8.84. The fraction of sp³-hybridized carbons (Fsp3) is 0.200. The van der Waals surface area contributed by atoms with E-state index in [1.165, 1.54) is 7.11 Å². The van der Waals surface area contributed by atoms with Crippen molar-refractivity contribution in [1.29, 1.82) is 0 Å². The van der Waals surface area contributed by atoms with Crippen molar-refractivity contribution in [3.63, 3.8) is 0 Å². The summed E-state index contributed by atoms with van der Waals surface area (Å²) >= 11 is 9.38. The van der Waals surface area contributed by atoms with Crippen LogP contribution in [0, 0.1) is 0 Å². The molecule has 0 amide bonds. The van der Waals surface area contributed by atoms with Gasteiger partial charge in [0.15, 0.2) is 11.5 Å². The smallest absolute Gasteiger partial charge is 0.162 e. The molecule has 0 spiro atoms. The third-order valence-corrected chi connectivity index (χ3v) is 3.66. The number of hydrogen-bond acceptors (Lipinski definition) is 4. The van der Waals surface area contributed by atoms with Gasteiger partial charge in [0.05, 0.1) is 19.9 Å². The Kier molecular flexibility index (Phi) is 5.20. The van der Waals surface area contributed by atoms with Gasteiger partial charge >= 0.3 is 0 Å². The number of phenolic OH excluding ortho intramolecular Hbond substituents is 1.